The second-order valence-electron chi connectivity index (χ2n) is 21.6. The largest absolute Gasteiger partial charge is 0.494 e. The lowest BCUT2D eigenvalue weighted by Crippen LogP contribution is -2.51. The van der Waals surface area contributed by atoms with Gasteiger partial charge in [-0.2, -0.15) is 0 Å². The molecule has 5 aliphatic rings. The summed E-state index contributed by atoms with van der Waals surface area (Å²) in [5.74, 6) is 6.81. The van der Waals surface area contributed by atoms with Crippen molar-refractivity contribution in [2.24, 2.45) is 51.8 Å². The minimum Gasteiger partial charge on any atom is -0.494 e. The zero-order valence-corrected chi connectivity index (χ0v) is 39.2. The number of carbonyl (C=O) groups is 1. The molecule has 4 aliphatic carbocycles. The maximum atomic E-state index is 13.0. The maximum absolute atomic E-state index is 13.0. The van der Waals surface area contributed by atoms with E-state index >= 15 is 0 Å². The van der Waals surface area contributed by atoms with Crippen molar-refractivity contribution in [2.45, 2.75) is 163 Å². The van der Waals surface area contributed by atoms with Gasteiger partial charge in [-0.05, 0) is 159 Å². The van der Waals surface area contributed by atoms with Crippen LogP contribution in [0.15, 0.2) is 60.2 Å². The first-order valence-corrected chi connectivity index (χ1v) is 25.0. The fourth-order valence-corrected chi connectivity index (χ4v) is 12.7. The van der Waals surface area contributed by atoms with E-state index in [-0.39, 0.29) is 22.9 Å². The van der Waals surface area contributed by atoms with Crippen molar-refractivity contribution < 1.29 is 28.5 Å². The van der Waals surface area contributed by atoms with Crippen LogP contribution in [0.1, 0.15) is 157 Å². The van der Waals surface area contributed by atoms with Gasteiger partial charge in [-0.3, -0.25) is 4.79 Å². The standard InChI is InChI=1S/C55H82O6/c1-40(2)14-13-15-41(3)49-27-28-50-48-26-21-44-36-47(29-31-54(44,5)51(48)30-32-55(49,50)6)61-52(56)16-9-12-35-60-46-24-19-43(20-25-46)42-17-22-45(23-18-42)59-34-11-8-7-10-33-57-37-53(4)38-58-39-53/h17-25,40-41,47-51H,7-16,26-39H2,1-6H3/t41-,47+,48+,49-,50+,51+,54+,55-/m1/s1. The summed E-state index contributed by atoms with van der Waals surface area (Å²) in [5, 5.41) is 0. The molecular weight excluding hydrogens is 757 g/mol. The van der Waals surface area contributed by atoms with Gasteiger partial charge in [0.15, 0.2) is 0 Å². The van der Waals surface area contributed by atoms with E-state index in [4.69, 9.17) is 23.7 Å². The lowest BCUT2D eigenvalue weighted by atomic mass is 9.47. The minimum atomic E-state index is -0.0431. The molecular formula is C55H82O6. The van der Waals surface area contributed by atoms with Crippen molar-refractivity contribution in [3.8, 4) is 22.6 Å². The van der Waals surface area contributed by atoms with Crippen LogP contribution in [0.5, 0.6) is 11.5 Å². The van der Waals surface area contributed by atoms with Crippen LogP contribution in [0, 0.1) is 51.8 Å². The summed E-state index contributed by atoms with van der Waals surface area (Å²) in [5.41, 5.74) is 4.95. The topological polar surface area (TPSA) is 63.2 Å². The van der Waals surface area contributed by atoms with Gasteiger partial charge in [0, 0.05) is 24.9 Å². The number of hydrogen-bond donors (Lipinski definition) is 0. The molecule has 0 amide bonds. The Morgan fingerprint density at radius 2 is 1.38 bits per heavy atom. The first-order chi connectivity index (χ1) is 29.5. The molecule has 0 unspecified atom stereocenters. The zero-order valence-electron chi connectivity index (χ0n) is 39.2. The van der Waals surface area contributed by atoms with Crippen molar-refractivity contribution in [3.63, 3.8) is 0 Å². The Labute approximate surface area is 370 Å². The predicted molar refractivity (Wildman–Crippen MR) is 248 cm³/mol. The van der Waals surface area contributed by atoms with Gasteiger partial charge in [0.05, 0.1) is 33.0 Å². The van der Waals surface area contributed by atoms with Crippen LogP contribution in [-0.4, -0.2) is 51.7 Å². The van der Waals surface area contributed by atoms with Gasteiger partial charge in [-0.25, -0.2) is 0 Å². The Balaban J connectivity index is 0.755. The Bertz CT molecular complexity index is 1690. The number of fused-ring (bicyclic) bond motifs is 5. The lowest BCUT2D eigenvalue weighted by Gasteiger charge is -2.58. The zero-order chi connectivity index (χ0) is 42.9. The van der Waals surface area contributed by atoms with E-state index in [9.17, 15) is 4.79 Å². The van der Waals surface area contributed by atoms with E-state index in [2.05, 4.69) is 84.0 Å². The second-order valence-corrected chi connectivity index (χ2v) is 21.6. The van der Waals surface area contributed by atoms with E-state index in [0.29, 0.717) is 18.4 Å². The molecule has 1 heterocycles. The first-order valence-electron chi connectivity index (χ1n) is 25.0. The molecule has 0 bridgehead atoms. The van der Waals surface area contributed by atoms with Crippen LogP contribution in [0.25, 0.3) is 11.1 Å². The molecule has 6 heteroatoms. The van der Waals surface area contributed by atoms with Gasteiger partial charge >= 0.3 is 5.97 Å². The molecule has 0 radical (unpaired) electrons. The number of esters is 1. The average molecular weight is 839 g/mol. The number of carbonyl (C=O) groups excluding carboxylic acids is 1. The SMILES string of the molecule is CC(C)CCC[C@@H](C)[C@H]1CC[C@H]2[C@@H]3CC=C4C[C@@H](OC(=O)CCCCOc5ccc(-c6ccc(OCCCCCCOCC7(C)COC7)cc6)cc5)CC[C@]4(C)[C@H]3CC[C@]12C. The van der Waals surface area contributed by atoms with Crippen molar-refractivity contribution in [2.75, 3.05) is 39.6 Å². The van der Waals surface area contributed by atoms with E-state index in [0.717, 1.165) is 143 Å². The molecule has 3 saturated carbocycles. The van der Waals surface area contributed by atoms with Crippen molar-refractivity contribution in [3.05, 3.63) is 60.2 Å². The van der Waals surface area contributed by atoms with Crippen LogP contribution in [0.3, 0.4) is 0 Å². The molecule has 2 aromatic carbocycles. The smallest absolute Gasteiger partial charge is 0.306 e. The Kier molecular flexibility index (Phi) is 16.1. The van der Waals surface area contributed by atoms with E-state index in [1.165, 1.54) is 57.8 Å². The highest BCUT2D eigenvalue weighted by Crippen LogP contribution is 2.67. The summed E-state index contributed by atoms with van der Waals surface area (Å²) in [6, 6.07) is 16.6. The van der Waals surface area contributed by atoms with E-state index in [1.54, 1.807) is 5.57 Å². The number of ether oxygens (including phenoxy) is 5. The van der Waals surface area contributed by atoms with E-state index in [1.807, 2.05) is 12.1 Å². The van der Waals surface area contributed by atoms with E-state index < -0.39 is 0 Å². The summed E-state index contributed by atoms with van der Waals surface area (Å²) in [6.07, 6.45) is 23.4. The molecule has 1 aliphatic heterocycles. The third-order valence-corrected chi connectivity index (χ3v) is 16.4. The monoisotopic (exact) mass is 839 g/mol. The molecule has 7 rings (SSSR count). The van der Waals surface area contributed by atoms with Crippen molar-refractivity contribution in [1.29, 1.82) is 0 Å². The normalized spacial score (nSPS) is 29.4. The van der Waals surface area contributed by atoms with Gasteiger partial charge in [0.1, 0.15) is 17.6 Å². The summed E-state index contributed by atoms with van der Waals surface area (Å²) in [4.78, 5) is 13.0. The predicted octanol–water partition coefficient (Wildman–Crippen LogP) is 13.8. The highest BCUT2D eigenvalue weighted by Gasteiger charge is 2.59. The molecule has 61 heavy (non-hydrogen) atoms. The Morgan fingerprint density at radius 3 is 2.02 bits per heavy atom. The first kappa shape index (κ1) is 46.2. The molecule has 2 aromatic rings. The summed E-state index contributed by atoms with van der Waals surface area (Å²) in [7, 11) is 0. The van der Waals surface area contributed by atoms with Gasteiger partial charge in [0.2, 0.25) is 0 Å². The Hall–Kier alpha value is -2.83. The van der Waals surface area contributed by atoms with Crippen LogP contribution in [0.4, 0.5) is 0 Å². The molecule has 4 fully saturated rings. The average Bonchev–Trinajstić information content (AvgIpc) is 3.60. The number of hydrogen-bond acceptors (Lipinski definition) is 6. The van der Waals surface area contributed by atoms with Crippen molar-refractivity contribution >= 4 is 5.97 Å². The highest BCUT2D eigenvalue weighted by atomic mass is 16.5. The van der Waals surface area contributed by atoms with Gasteiger partial charge in [0.25, 0.3) is 0 Å². The quantitative estimate of drug-likeness (QED) is 0.0631. The van der Waals surface area contributed by atoms with Crippen LogP contribution in [0.2, 0.25) is 0 Å². The van der Waals surface area contributed by atoms with Crippen molar-refractivity contribution in [1.82, 2.24) is 0 Å². The van der Waals surface area contributed by atoms with Crippen LogP contribution >= 0.6 is 0 Å². The van der Waals surface area contributed by atoms with Gasteiger partial charge in [-0.15, -0.1) is 0 Å². The minimum absolute atomic E-state index is 0.0335. The molecule has 0 N–H and O–H groups in total. The maximum Gasteiger partial charge on any atom is 0.306 e. The number of benzene rings is 2. The molecule has 8 atom stereocenters. The fourth-order valence-electron chi connectivity index (χ4n) is 12.7. The Morgan fingerprint density at radius 1 is 0.721 bits per heavy atom. The third-order valence-electron chi connectivity index (χ3n) is 16.4. The number of unbranched alkanes of at least 4 members (excludes halogenated alkanes) is 4. The summed E-state index contributed by atoms with van der Waals surface area (Å²) in [6.45, 7) is 19.4. The molecule has 0 spiro atoms. The number of rotatable bonds is 23. The van der Waals surface area contributed by atoms with Crippen LogP contribution in [-0.2, 0) is 19.0 Å². The summed E-state index contributed by atoms with van der Waals surface area (Å²) < 4.78 is 29.3. The lowest BCUT2D eigenvalue weighted by molar-refractivity contribution is -0.151. The second kappa shape index (κ2) is 21.2. The molecule has 0 aromatic heterocycles. The molecule has 338 valence electrons. The summed E-state index contributed by atoms with van der Waals surface area (Å²) >= 11 is 0. The third kappa shape index (κ3) is 11.7. The fraction of sp³-hybridized carbons (Fsp3) is 0.727. The highest BCUT2D eigenvalue weighted by molar-refractivity contribution is 5.69. The number of allylic oxidation sites excluding steroid dienone is 1. The van der Waals surface area contributed by atoms with Gasteiger partial charge < -0.3 is 23.7 Å². The van der Waals surface area contributed by atoms with Gasteiger partial charge in [-0.1, -0.05) is 103 Å². The molecule has 6 nitrogen and oxygen atoms in total. The molecule has 1 saturated heterocycles. The van der Waals surface area contributed by atoms with Crippen LogP contribution < -0.4 is 9.47 Å².